The van der Waals surface area contributed by atoms with E-state index < -0.39 is 0 Å². The molecule has 5 heteroatoms. The molecule has 0 aliphatic rings. The van der Waals surface area contributed by atoms with Gasteiger partial charge >= 0.3 is 0 Å². The van der Waals surface area contributed by atoms with Gasteiger partial charge in [-0.3, -0.25) is 9.78 Å². The quantitative estimate of drug-likeness (QED) is 0.858. The number of thiophene rings is 1. The van der Waals surface area contributed by atoms with Crippen LogP contribution in [-0.2, 0) is 6.54 Å². The van der Waals surface area contributed by atoms with Crippen molar-refractivity contribution in [3.05, 3.63) is 45.4 Å². The summed E-state index contributed by atoms with van der Waals surface area (Å²) in [5.41, 5.74) is 2.70. The summed E-state index contributed by atoms with van der Waals surface area (Å²) >= 11 is 1.72. The van der Waals surface area contributed by atoms with E-state index in [2.05, 4.69) is 42.5 Å². The van der Waals surface area contributed by atoms with Crippen LogP contribution >= 0.6 is 11.3 Å². The zero-order chi connectivity index (χ0) is 15.2. The van der Waals surface area contributed by atoms with Crippen LogP contribution in [0, 0.1) is 13.8 Å². The van der Waals surface area contributed by atoms with Crippen LogP contribution < -0.4 is 10.6 Å². The number of carbonyl (C=O) groups excluding carboxylic acids is 1. The molecule has 0 saturated carbocycles. The average molecular weight is 303 g/mol. The number of aromatic nitrogens is 1. The number of hydrogen-bond donors (Lipinski definition) is 2. The van der Waals surface area contributed by atoms with Crippen molar-refractivity contribution < 1.29 is 4.79 Å². The summed E-state index contributed by atoms with van der Waals surface area (Å²) < 4.78 is 0. The Kier molecular flexibility index (Phi) is 5.33. The Hall–Kier alpha value is -1.88. The second-order valence-corrected chi connectivity index (χ2v) is 6.32. The second kappa shape index (κ2) is 7.22. The molecule has 2 aromatic heterocycles. The van der Waals surface area contributed by atoms with Crippen LogP contribution in [0.2, 0.25) is 0 Å². The first-order valence-electron chi connectivity index (χ1n) is 7.13. The van der Waals surface area contributed by atoms with E-state index in [0.717, 1.165) is 18.7 Å². The summed E-state index contributed by atoms with van der Waals surface area (Å²) in [5.74, 6) is -0.0922. The smallest absolute Gasteiger partial charge is 0.255 e. The predicted molar refractivity (Wildman–Crippen MR) is 88.0 cm³/mol. The third-order valence-electron chi connectivity index (χ3n) is 3.27. The molecule has 2 heterocycles. The van der Waals surface area contributed by atoms with E-state index in [0.29, 0.717) is 12.1 Å². The summed E-state index contributed by atoms with van der Waals surface area (Å²) in [6, 6.07) is 3.96. The molecule has 0 aliphatic heterocycles. The zero-order valence-electron chi connectivity index (χ0n) is 12.7. The maximum Gasteiger partial charge on any atom is 0.255 e. The molecule has 0 aliphatic carbocycles. The lowest BCUT2D eigenvalue weighted by molar-refractivity contribution is 0.0951. The summed E-state index contributed by atoms with van der Waals surface area (Å²) in [7, 11) is 0. The number of rotatable bonds is 6. The van der Waals surface area contributed by atoms with Crippen molar-refractivity contribution >= 4 is 22.9 Å². The van der Waals surface area contributed by atoms with Crippen LogP contribution in [0.4, 0.5) is 5.69 Å². The fourth-order valence-corrected chi connectivity index (χ4v) is 2.98. The number of carbonyl (C=O) groups is 1. The molecular weight excluding hydrogens is 282 g/mol. The number of anilines is 1. The third-order valence-corrected chi connectivity index (χ3v) is 4.42. The molecule has 1 amide bonds. The van der Waals surface area contributed by atoms with Crippen molar-refractivity contribution in [2.24, 2.45) is 0 Å². The van der Waals surface area contributed by atoms with Crippen LogP contribution in [0.5, 0.6) is 0 Å². The first kappa shape index (κ1) is 15.5. The van der Waals surface area contributed by atoms with Gasteiger partial charge in [-0.15, -0.1) is 11.3 Å². The van der Waals surface area contributed by atoms with Crippen LogP contribution in [0.1, 0.15) is 39.0 Å². The summed E-state index contributed by atoms with van der Waals surface area (Å²) in [4.78, 5) is 18.8. The SMILES string of the molecule is CCCNc1ccncc1C(=O)NCc1cc(C)c(C)s1. The normalized spacial score (nSPS) is 10.4. The average Bonchev–Trinajstić information content (AvgIpc) is 2.81. The number of pyridine rings is 1. The Labute approximate surface area is 129 Å². The van der Waals surface area contributed by atoms with Crippen molar-refractivity contribution in [3.8, 4) is 0 Å². The number of amides is 1. The van der Waals surface area contributed by atoms with Crippen LogP contribution in [-0.4, -0.2) is 17.4 Å². The van der Waals surface area contributed by atoms with Crippen LogP contribution in [0.25, 0.3) is 0 Å². The molecule has 0 atom stereocenters. The number of nitrogens with one attached hydrogen (secondary N) is 2. The minimum atomic E-state index is -0.0922. The van der Waals surface area contributed by atoms with Crippen molar-refractivity contribution in [3.63, 3.8) is 0 Å². The Bertz CT molecular complexity index is 602. The van der Waals surface area contributed by atoms with E-state index in [9.17, 15) is 4.79 Å². The second-order valence-electron chi connectivity index (χ2n) is 4.98. The van der Waals surface area contributed by atoms with E-state index in [4.69, 9.17) is 0 Å². The first-order chi connectivity index (χ1) is 10.1. The van der Waals surface area contributed by atoms with Gasteiger partial charge in [0, 0.05) is 28.7 Å². The highest BCUT2D eigenvalue weighted by atomic mass is 32.1. The van der Waals surface area contributed by atoms with Crippen molar-refractivity contribution in [1.29, 1.82) is 0 Å². The first-order valence-corrected chi connectivity index (χ1v) is 7.95. The molecule has 0 aromatic carbocycles. The molecule has 0 fully saturated rings. The van der Waals surface area contributed by atoms with E-state index in [1.54, 1.807) is 23.7 Å². The highest BCUT2D eigenvalue weighted by molar-refractivity contribution is 7.12. The topological polar surface area (TPSA) is 54.0 Å². The van der Waals surface area contributed by atoms with Gasteiger partial charge in [-0.1, -0.05) is 6.92 Å². The molecule has 21 heavy (non-hydrogen) atoms. The molecule has 0 bridgehead atoms. The Morgan fingerprint density at radius 1 is 1.38 bits per heavy atom. The maximum atomic E-state index is 12.3. The van der Waals surface area contributed by atoms with Gasteiger partial charge in [0.05, 0.1) is 17.8 Å². The van der Waals surface area contributed by atoms with Gasteiger partial charge in [-0.25, -0.2) is 0 Å². The number of aryl methyl sites for hydroxylation is 2. The Morgan fingerprint density at radius 3 is 2.86 bits per heavy atom. The monoisotopic (exact) mass is 303 g/mol. The predicted octanol–water partition coefficient (Wildman–Crippen LogP) is 3.51. The summed E-state index contributed by atoms with van der Waals surface area (Å²) in [6.45, 7) is 7.67. The minimum absolute atomic E-state index is 0.0922. The van der Waals surface area contributed by atoms with E-state index >= 15 is 0 Å². The van der Waals surface area contributed by atoms with Gasteiger partial charge in [0.2, 0.25) is 0 Å². The van der Waals surface area contributed by atoms with Gasteiger partial charge in [0.15, 0.2) is 0 Å². The number of nitrogens with zero attached hydrogens (tertiary/aromatic N) is 1. The third kappa shape index (κ3) is 4.04. The molecule has 4 nitrogen and oxygen atoms in total. The van der Waals surface area contributed by atoms with E-state index in [1.165, 1.54) is 15.3 Å². The van der Waals surface area contributed by atoms with Gasteiger partial charge in [0.1, 0.15) is 0 Å². The molecule has 0 unspecified atom stereocenters. The van der Waals surface area contributed by atoms with Crippen molar-refractivity contribution in [2.45, 2.75) is 33.7 Å². The standard InChI is InChI=1S/C16H21N3OS/c1-4-6-18-15-5-7-17-10-14(15)16(20)19-9-13-8-11(2)12(3)21-13/h5,7-8,10H,4,6,9H2,1-3H3,(H,17,18)(H,19,20). The van der Waals surface area contributed by atoms with Crippen LogP contribution in [0.15, 0.2) is 24.5 Å². The van der Waals surface area contributed by atoms with Crippen molar-refractivity contribution in [2.75, 3.05) is 11.9 Å². The van der Waals surface area contributed by atoms with Gasteiger partial charge in [-0.2, -0.15) is 0 Å². The Morgan fingerprint density at radius 2 is 2.19 bits per heavy atom. The lowest BCUT2D eigenvalue weighted by Crippen LogP contribution is -2.23. The molecular formula is C16H21N3OS. The highest BCUT2D eigenvalue weighted by Crippen LogP contribution is 2.20. The minimum Gasteiger partial charge on any atom is -0.384 e. The fraction of sp³-hybridized carbons (Fsp3) is 0.375. The number of hydrogen-bond acceptors (Lipinski definition) is 4. The molecule has 0 saturated heterocycles. The van der Waals surface area contributed by atoms with E-state index in [-0.39, 0.29) is 5.91 Å². The Balaban J connectivity index is 2.03. The van der Waals surface area contributed by atoms with Crippen LogP contribution in [0.3, 0.4) is 0 Å². The van der Waals surface area contributed by atoms with E-state index in [1.807, 2.05) is 6.07 Å². The molecule has 0 radical (unpaired) electrons. The van der Waals surface area contributed by atoms with Crippen molar-refractivity contribution in [1.82, 2.24) is 10.3 Å². The molecule has 2 aromatic rings. The maximum absolute atomic E-state index is 12.3. The molecule has 2 N–H and O–H groups in total. The van der Waals surface area contributed by atoms with Gasteiger partial charge in [0.25, 0.3) is 5.91 Å². The fourth-order valence-electron chi connectivity index (χ4n) is 1.99. The lowest BCUT2D eigenvalue weighted by atomic mass is 10.2. The lowest BCUT2D eigenvalue weighted by Gasteiger charge is -2.10. The zero-order valence-corrected chi connectivity index (χ0v) is 13.5. The van der Waals surface area contributed by atoms with Gasteiger partial charge in [-0.05, 0) is 38.0 Å². The molecule has 0 spiro atoms. The largest absolute Gasteiger partial charge is 0.384 e. The molecule has 112 valence electrons. The molecule has 2 rings (SSSR count). The highest BCUT2D eigenvalue weighted by Gasteiger charge is 2.11. The van der Waals surface area contributed by atoms with Gasteiger partial charge < -0.3 is 10.6 Å². The summed E-state index contributed by atoms with van der Waals surface area (Å²) in [6.07, 6.45) is 4.32. The summed E-state index contributed by atoms with van der Waals surface area (Å²) in [5, 5.41) is 6.22.